The molecule has 0 aliphatic carbocycles. The van der Waals surface area contributed by atoms with Crippen molar-refractivity contribution in [1.29, 1.82) is 0 Å². The van der Waals surface area contributed by atoms with Crippen LogP contribution in [0, 0.1) is 5.92 Å². The third-order valence-electron chi connectivity index (χ3n) is 4.03. The molecule has 0 N–H and O–H groups in total. The lowest BCUT2D eigenvalue weighted by atomic mass is 9.93. The first-order valence-electron chi connectivity index (χ1n) is 7.22. The monoisotopic (exact) mass is 304 g/mol. The Balaban J connectivity index is 1.57. The van der Waals surface area contributed by atoms with Crippen molar-refractivity contribution in [2.24, 2.45) is 13.0 Å². The van der Waals surface area contributed by atoms with Crippen molar-refractivity contribution in [3.63, 3.8) is 0 Å². The minimum Gasteiger partial charge on any atom is -0.341 e. The first-order valence-corrected chi connectivity index (χ1v) is 8.44. The number of piperidine rings is 1. The summed E-state index contributed by atoms with van der Waals surface area (Å²) in [5, 5.41) is 9.51. The zero-order chi connectivity index (χ0) is 14.7. The molecule has 0 radical (unpaired) electrons. The van der Waals surface area contributed by atoms with Gasteiger partial charge in [-0.3, -0.25) is 0 Å². The second kappa shape index (κ2) is 6.43. The smallest absolute Gasteiger partial charge is 0.225 e. The van der Waals surface area contributed by atoms with Gasteiger partial charge in [-0.1, -0.05) is 11.8 Å². The fourth-order valence-corrected chi connectivity index (χ4v) is 3.25. The van der Waals surface area contributed by atoms with Crippen LogP contribution in [-0.4, -0.2) is 44.1 Å². The molecule has 1 fully saturated rings. The highest BCUT2D eigenvalue weighted by Gasteiger charge is 2.22. The van der Waals surface area contributed by atoms with E-state index in [9.17, 15) is 0 Å². The van der Waals surface area contributed by atoms with E-state index in [-0.39, 0.29) is 0 Å². The van der Waals surface area contributed by atoms with Crippen molar-refractivity contribution in [2.45, 2.75) is 24.4 Å². The van der Waals surface area contributed by atoms with E-state index in [2.05, 4.69) is 29.6 Å². The Labute approximate surface area is 129 Å². The lowest BCUT2D eigenvalue weighted by molar-refractivity contribution is 0.389. The van der Waals surface area contributed by atoms with Gasteiger partial charge >= 0.3 is 0 Å². The standard InChI is InChI=1S/C14H20N6S/c1-19-12(17-18-14(19)21-2)10-11-4-8-20(9-5-11)13-15-6-3-7-16-13/h3,6-7,11H,4-5,8-10H2,1-2H3. The van der Waals surface area contributed by atoms with Crippen LogP contribution in [0.15, 0.2) is 23.6 Å². The van der Waals surface area contributed by atoms with Gasteiger partial charge in [0, 0.05) is 39.0 Å². The van der Waals surface area contributed by atoms with Gasteiger partial charge in [0.1, 0.15) is 5.82 Å². The first-order chi connectivity index (χ1) is 10.3. The maximum Gasteiger partial charge on any atom is 0.225 e. The molecule has 2 aromatic heterocycles. The Kier molecular flexibility index (Phi) is 4.38. The fourth-order valence-electron chi connectivity index (χ4n) is 2.75. The van der Waals surface area contributed by atoms with Gasteiger partial charge in [-0.2, -0.15) is 0 Å². The summed E-state index contributed by atoms with van der Waals surface area (Å²) in [7, 11) is 2.05. The van der Waals surface area contributed by atoms with Crippen molar-refractivity contribution >= 4 is 17.7 Å². The highest BCUT2D eigenvalue weighted by Crippen LogP contribution is 2.24. The van der Waals surface area contributed by atoms with Crippen LogP contribution in [0.5, 0.6) is 0 Å². The molecule has 1 aliphatic rings. The molecule has 6 nitrogen and oxygen atoms in total. The van der Waals surface area contributed by atoms with Crippen molar-refractivity contribution in [3.8, 4) is 0 Å². The summed E-state index contributed by atoms with van der Waals surface area (Å²) in [5.41, 5.74) is 0. The number of hydrogen-bond acceptors (Lipinski definition) is 6. The summed E-state index contributed by atoms with van der Waals surface area (Å²) >= 11 is 1.64. The van der Waals surface area contributed by atoms with Gasteiger partial charge < -0.3 is 9.47 Å². The normalized spacial score (nSPS) is 16.4. The maximum atomic E-state index is 4.33. The van der Waals surface area contributed by atoms with Gasteiger partial charge in [-0.25, -0.2) is 9.97 Å². The first kappa shape index (κ1) is 14.3. The van der Waals surface area contributed by atoms with Crippen LogP contribution < -0.4 is 4.90 Å². The predicted molar refractivity (Wildman–Crippen MR) is 83.5 cm³/mol. The van der Waals surface area contributed by atoms with Crippen molar-refractivity contribution in [3.05, 3.63) is 24.3 Å². The number of nitrogens with zero attached hydrogens (tertiary/aromatic N) is 6. The molecule has 0 spiro atoms. The molecule has 3 rings (SSSR count). The van der Waals surface area contributed by atoms with Crippen LogP contribution in [-0.2, 0) is 13.5 Å². The SMILES string of the molecule is CSc1nnc(CC2CCN(c3ncccn3)CC2)n1C. The van der Waals surface area contributed by atoms with E-state index in [0.717, 1.165) is 49.3 Å². The van der Waals surface area contributed by atoms with Crippen LogP contribution in [0.3, 0.4) is 0 Å². The van der Waals surface area contributed by atoms with Crippen LogP contribution in [0.4, 0.5) is 5.95 Å². The number of anilines is 1. The molecule has 7 heteroatoms. The Bertz CT molecular complexity index is 576. The topological polar surface area (TPSA) is 59.7 Å². The second-order valence-corrected chi connectivity index (χ2v) is 6.12. The van der Waals surface area contributed by atoms with Crippen LogP contribution in [0.1, 0.15) is 18.7 Å². The molecule has 3 heterocycles. The molecular formula is C14H20N6S. The van der Waals surface area contributed by atoms with Crippen LogP contribution in [0.25, 0.3) is 0 Å². The summed E-state index contributed by atoms with van der Waals surface area (Å²) in [6.45, 7) is 2.03. The highest BCUT2D eigenvalue weighted by molar-refractivity contribution is 7.98. The van der Waals surface area contributed by atoms with E-state index in [4.69, 9.17) is 0 Å². The van der Waals surface area contributed by atoms with Crippen molar-refractivity contribution in [1.82, 2.24) is 24.7 Å². The van der Waals surface area contributed by atoms with Crippen molar-refractivity contribution < 1.29 is 0 Å². The van der Waals surface area contributed by atoms with Gasteiger partial charge in [0.2, 0.25) is 5.95 Å². The van der Waals surface area contributed by atoms with Gasteiger partial charge in [-0.15, -0.1) is 10.2 Å². The Morgan fingerprint density at radius 2 is 1.90 bits per heavy atom. The lowest BCUT2D eigenvalue weighted by Crippen LogP contribution is -2.35. The number of rotatable bonds is 4. The Hall–Kier alpha value is -1.63. The van der Waals surface area contributed by atoms with Gasteiger partial charge in [0.05, 0.1) is 0 Å². The van der Waals surface area contributed by atoms with Crippen LogP contribution in [0.2, 0.25) is 0 Å². The molecule has 0 amide bonds. The number of aromatic nitrogens is 5. The molecule has 2 aromatic rings. The molecule has 0 saturated carbocycles. The van der Waals surface area contributed by atoms with E-state index in [0.29, 0.717) is 5.92 Å². The van der Waals surface area contributed by atoms with E-state index < -0.39 is 0 Å². The minimum atomic E-state index is 0.669. The third kappa shape index (κ3) is 3.18. The molecule has 1 aliphatic heterocycles. The number of thioether (sulfide) groups is 1. The zero-order valence-corrected chi connectivity index (χ0v) is 13.3. The van der Waals surface area contributed by atoms with Gasteiger partial charge in [0.15, 0.2) is 5.16 Å². The van der Waals surface area contributed by atoms with Crippen LogP contribution >= 0.6 is 11.8 Å². The second-order valence-electron chi connectivity index (χ2n) is 5.35. The van der Waals surface area contributed by atoms with Gasteiger partial charge in [0.25, 0.3) is 0 Å². The summed E-state index contributed by atoms with van der Waals surface area (Å²) < 4.78 is 2.11. The number of hydrogen-bond donors (Lipinski definition) is 0. The quantitative estimate of drug-likeness (QED) is 0.803. The maximum absolute atomic E-state index is 4.33. The molecule has 21 heavy (non-hydrogen) atoms. The van der Waals surface area contributed by atoms with E-state index in [1.807, 2.05) is 19.4 Å². The third-order valence-corrected chi connectivity index (χ3v) is 4.75. The van der Waals surface area contributed by atoms with Crippen molar-refractivity contribution in [2.75, 3.05) is 24.2 Å². The predicted octanol–water partition coefficient (Wildman–Crippen LogP) is 1.79. The average Bonchev–Trinajstić information content (AvgIpc) is 2.89. The van der Waals surface area contributed by atoms with E-state index in [1.165, 1.54) is 0 Å². The summed E-state index contributed by atoms with van der Waals surface area (Å²) in [6.07, 6.45) is 8.95. The Morgan fingerprint density at radius 1 is 1.19 bits per heavy atom. The summed E-state index contributed by atoms with van der Waals surface area (Å²) in [4.78, 5) is 10.9. The fraction of sp³-hybridized carbons (Fsp3) is 0.571. The Morgan fingerprint density at radius 3 is 2.52 bits per heavy atom. The molecule has 0 aromatic carbocycles. The molecule has 0 unspecified atom stereocenters. The summed E-state index contributed by atoms with van der Waals surface area (Å²) in [6, 6.07) is 1.85. The molecule has 0 atom stereocenters. The largest absolute Gasteiger partial charge is 0.341 e. The summed E-state index contributed by atoms with van der Waals surface area (Å²) in [5.74, 6) is 2.61. The van der Waals surface area contributed by atoms with E-state index >= 15 is 0 Å². The zero-order valence-electron chi connectivity index (χ0n) is 12.4. The molecule has 112 valence electrons. The lowest BCUT2D eigenvalue weighted by Gasteiger charge is -2.31. The van der Waals surface area contributed by atoms with Gasteiger partial charge in [-0.05, 0) is 31.1 Å². The van der Waals surface area contributed by atoms with E-state index in [1.54, 1.807) is 24.2 Å². The highest BCUT2D eigenvalue weighted by atomic mass is 32.2. The molecule has 1 saturated heterocycles. The average molecular weight is 304 g/mol. The molecule has 0 bridgehead atoms. The minimum absolute atomic E-state index is 0.669. The molecular weight excluding hydrogens is 284 g/mol.